The van der Waals surface area contributed by atoms with Crippen molar-refractivity contribution in [3.63, 3.8) is 0 Å². The molecule has 4 N–H and O–H groups in total. The van der Waals surface area contributed by atoms with Crippen LogP contribution in [0.15, 0.2) is 12.1 Å². The topological polar surface area (TPSA) is 92.8 Å². The molecular formula is C10H12FNO4. The first-order chi connectivity index (χ1) is 7.51. The van der Waals surface area contributed by atoms with Gasteiger partial charge in [0.05, 0.1) is 13.2 Å². The number of benzene rings is 1. The Morgan fingerprint density at radius 2 is 2.25 bits per heavy atom. The molecule has 0 saturated carbocycles. The second kappa shape index (κ2) is 4.91. The zero-order valence-corrected chi connectivity index (χ0v) is 8.61. The molecule has 0 amide bonds. The average Bonchev–Trinajstić information content (AvgIpc) is 2.30. The fourth-order valence-electron chi connectivity index (χ4n) is 1.21. The van der Waals surface area contributed by atoms with Gasteiger partial charge in [0.2, 0.25) is 0 Å². The van der Waals surface area contributed by atoms with Crippen molar-refractivity contribution in [3.8, 4) is 5.75 Å². The van der Waals surface area contributed by atoms with Crippen LogP contribution >= 0.6 is 0 Å². The van der Waals surface area contributed by atoms with Crippen LogP contribution in [0.2, 0.25) is 0 Å². The highest BCUT2D eigenvalue weighted by atomic mass is 19.1. The zero-order valence-electron chi connectivity index (χ0n) is 8.61. The van der Waals surface area contributed by atoms with E-state index in [0.717, 1.165) is 19.2 Å². The number of phenolic OH excluding ortho intramolecular Hbond substituents is 1. The zero-order chi connectivity index (χ0) is 12.3. The normalized spacial score (nSPS) is 12.2. The lowest BCUT2D eigenvalue weighted by Gasteiger charge is -2.11. The summed E-state index contributed by atoms with van der Waals surface area (Å²) in [4.78, 5) is 11.2. The first-order valence-corrected chi connectivity index (χ1v) is 4.50. The van der Waals surface area contributed by atoms with Crippen LogP contribution in [0.1, 0.15) is 22.0 Å². The highest BCUT2D eigenvalue weighted by Crippen LogP contribution is 2.26. The van der Waals surface area contributed by atoms with Crippen LogP contribution < -0.4 is 5.73 Å². The number of nitrogens with two attached hydrogens (primary N) is 1. The first kappa shape index (κ1) is 12.4. The second-order valence-corrected chi connectivity index (χ2v) is 3.14. The lowest BCUT2D eigenvalue weighted by atomic mass is 10.0. The fraction of sp³-hybridized carbons (Fsp3) is 0.300. The van der Waals surface area contributed by atoms with Gasteiger partial charge < -0.3 is 20.7 Å². The predicted octanol–water partition coefficient (Wildman–Crippen LogP) is 0.310. The number of phenols is 1. The minimum Gasteiger partial charge on any atom is -0.504 e. The molecule has 1 rings (SSSR count). The summed E-state index contributed by atoms with van der Waals surface area (Å²) in [5, 5.41) is 18.7. The van der Waals surface area contributed by atoms with Crippen LogP contribution in [-0.4, -0.2) is 29.8 Å². The third kappa shape index (κ3) is 2.29. The molecule has 0 aliphatic heterocycles. The number of aliphatic hydroxyl groups excluding tert-OH is 1. The number of hydrogen-bond donors (Lipinski definition) is 3. The lowest BCUT2D eigenvalue weighted by molar-refractivity contribution is 0.0596. The van der Waals surface area contributed by atoms with Crippen molar-refractivity contribution < 1.29 is 24.1 Å². The van der Waals surface area contributed by atoms with Crippen molar-refractivity contribution in [1.82, 2.24) is 0 Å². The highest BCUT2D eigenvalue weighted by Gasteiger charge is 2.19. The molecule has 88 valence electrons. The van der Waals surface area contributed by atoms with Crippen molar-refractivity contribution >= 4 is 5.97 Å². The van der Waals surface area contributed by atoms with Gasteiger partial charge in [0.15, 0.2) is 11.6 Å². The number of rotatable bonds is 3. The predicted molar refractivity (Wildman–Crippen MR) is 53.4 cm³/mol. The third-order valence-electron chi connectivity index (χ3n) is 2.10. The van der Waals surface area contributed by atoms with Crippen molar-refractivity contribution in [2.24, 2.45) is 5.73 Å². The van der Waals surface area contributed by atoms with E-state index < -0.39 is 23.6 Å². The SMILES string of the molecule is COC(=O)c1cc(C(O)CN)cc(F)c1O. The Morgan fingerprint density at radius 1 is 1.62 bits per heavy atom. The first-order valence-electron chi connectivity index (χ1n) is 4.50. The second-order valence-electron chi connectivity index (χ2n) is 3.14. The van der Waals surface area contributed by atoms with Gasteiger partial charge in [-0.25, -0.2) is 9.18 Å². The van der Waals surface area contributed by atoms with Gasteiger partial charge in [0, 0.05) is 6.54 Å². The van der Waals surface area contributed by atoms with E-state index in [1.165, 1.54) is 0 Å². The van der Waals surface area contributed by atoms with Gasteiger partial charge in [-0.3, -0.25) is 0 Å². The molecule has 0 bridgehead atoms. The van der Waals surface area contributed by atoms with Crippen LogP contribution in [0.5, 0.6) is 5.75 Å². The van der Waals surface area contributed by atoms with E-state index in [-0.39, 0.29) is 17.7 Å². The molecule has 6 heteroatoms. The Hall–Kier alpha value is -1.66. The minimum atomic E-state index is -1.10. The molecule has 0 aliphatic carbocycles. The Kier molecular flexibility index (Phi) is 3.81. The Morgan fingerprint density at radius 3 is 2.75 bits per heavy atom. The molecule has 1 unspecified atom stereocenters. The van der Waals surface area contributed by atoms with Crippen molar-refractivity contribution in [2.45, 2.75) is 6.10 Å². The molecule has 1 aromatic carbocycles. The van der Waals surface area contributed by atoms with Gasteiger partial charge in [-0.1, -0.05) is 0 Å². The summed E-state index contributed by atoms with van der Waals surface area (Å²) < 4.78 is 17.6. The van der Waals surface area contributed by atoms with E-state index in [1.54, 1.807) is 0 Å². The Balaban J connectivity index is 3.27. The highest BCUT2D eigenvalue weighted by molar-refractivity contribution is 5.92. The molecule has 16 heavy (non-hydrogen) atoms. The largest absolute Gasteiger partial charge is 0.504 e. The molecular weight excluding hydrogens is 217 g/mol. The van der Waals surface area contributed by atoms with Crippen LogP contribution in [0.4, 0.5) is 4.39 Å². The van der Waals surface area contributed by atoms with E-state index in [0.29, 0.717) is 0 Å². The Bertz CT molecular complexity index is 408. The summed E-state index contributed by atoms with van der Waals surface area (Å²) >= 11 is 0. The Labute approximate surface area is 91.3 Å². The number of esters is 1. The summed E-state index contributed by atoms with van der Waals surface area (Å²) in [7, 11) is 1.10. The molecule has 0 aliphatic rings. The van der Waals surface area contributed by atoms with Crippen molar-refractivity contribution in [3.05, 3.63) is 29.1 Å². The number of ether oxygens (including phenoxy) is 1. The number of aromatic hydroxyl groups is 1. The standard InChI is InChI=1S/C10H12FNO4/c1-16-10(15)6-2-5(8(13)4-12)3-7(11)9(6)14/h2-3,8,13-14H,4,12H2,1H3. The van der Waals surface area contributed by atoms with Gasteiger partial charge in [0.1, 0.15) is 5.56 Å². The summed E-state index contributed by atoms with van der Waals surface area (Å²) in [6.07, 6.45) is -1.10. The maximum atomic E-state index is 13.2. The van der Waals surface area contributed by atoms with Crippen molar-refractivity contribution in [2.75, 3.05) is 13.7 Å². The average molecular weight is 229 g/mol. The molecule has 0 spiro atoms. The number of aliphatic hydroxyl groups is 1. The van der Waals surface area contributed by atoms with Gasteiger partial charge in [-0.05, 0) is 17.7 Å². The van der Waals surface area contributed by atoms with Crippen LogP contribution in [0.25, 0.3) is 0 Å². The van der Waals surface area contributed by atoms with E-state index in [2.05, 4.69) is 4.74 Å². The van der Waals surface area contributed by atoms with Gasteiger partial charge in [0.25, 0.3) is 0 Å². The maximum Gasteiger partial charge on any atom is 0.341 e. The molecule has 0 radical (unpaired) electrons. The fourth-order valence-corrected chi connectivity index (χ4v) is 1.21. The minimum absolute atomic E-state index is 0.109. The van der Waals surface area contributed by atoms with E-state index in [9.17, 15) is 19.4 Å². The molecule has 1 atom stereocenters. The van der Waals surface area contributed by atoms with Gasteiger partial charge >= 0.3 is 5.97 Å². The number of hydrogen-bond acceptors (Lipinski definition) is 5. The smallest absolute Gasteiger partial charge is 0.341 e. The maximum absolute atomic E-state index is 13.2. The number of halogens is 1. The van der Waals surface area contributed by atoms with Crippen LogP contribution in [0, 0.1) is 5.82 Å². The molecule has 0 fully saturated rings. The molecule has 0 heterocycles. The summed E-state index contributed by atoms with van der Waals surface area (Å²) in [6, 6.07) is 2.06. The molecule has 5 nitrogen and oxygen atoms in total. The van der Waals surface area contributed by atoms with E-state index in [4.69, 9.17) is 5.73 Å². The molecule has 0 aromatic heterocycles. The van der Waals surface area contributed by atoms with Crippen LogP contribution in [0.3, 0.4) is 0 Å². The summed E-state index contributed by atoms with van der Waals surface area (Å²) in [5.74, 6) is -2.70. The summed E-state index contributed by atoms with van der Waals surface area (Å²) in [6.45, 7) is -0.120. The number of methoxy groups -OCH3 is 1. The van der Waals surface area contributed by atoms with Crippen LogP contribution in [-0.2, 0) is 4.74 Å². The summed E-state index contributed by atoms with van der Waals surface area (Å²) in [5.41, 5.74) is 4.97. The monoisotopic (exact) mass is 229 g/mol. The quantitative estimate of drug-likeness (QED) is 0.648. The van der Waals surface area contributed by atoms with E-state index >= 15 is 0 Å². The lowest BCUT2D eigenvalue weighted by Crippen LogP contribution is -2.13. The molecule has 0 saturated heterocycles. The van der Waals surface area contributed by atoms with Crippen molar-refractivity contribution in [1.29, 1.82) is 0 Å². The molecule has 1 aromatic rings. The van der Waals surface area contributed by atoms with E-state index in [1.807, 2.05) is 0 Å². The van der Waals surface area contributed by atoms with Gasteiger partial charge in [-0.15, -0.1) is 0 Å². The number of carbonyl (C=O) groups is 1. The third-order valence-corrected chi connectivity index (χ3v) is 2.10. The number of carbonyl (C=O) groups excluding carboxylic acids is 1. The van der Waals surface area contributed by atoms with Gasteiger partial charge in [-0.2, -0.15) is 0 Å².